The Morgan fingerprint density at radius 2 is 1.09 bits per heavy atom. The Morgan fingerprint density at radius 1 is 0.705 bits per heavy atom. The van der Waals surface area contributed by atoms with Gasteiger partial charge in [0.25, 0.3) is 0 Å². The molecule has 0 bridgehead atoms. The lowest BCUT2D eigenvalue weighted by molar-refractivity contribution is 0.0519. The highest BCUT2D eigenvalue weighted by Gasteiger charge is 2.13. The molecule has 0 amide bonds. The predicted molar refractivity (Wildman–Crippen MR) is 155 cm³/mol. The quantitative estimate of drug-likeness (QED) is 0.121. The fourth-order valence-electron chi connectivity index (χ4n) is 2.44. The van der Waals surface area contributed by atoms with Crippen LogP contribution in [0.1, 0.15) is 39.3 Å². The van der Waals surface area contributed by atoms with E-state index in [0.717, 1.165) is 43.0 Å². The number of carbonyl (C=O) groups is 2. The van der Waals surface area contributed by atoms with Gasteiger partial charge in [-0.2, -0.15) is 0 Å². The van der Waals surface area contributed by atoms with Gasteiger partial charge in [-0.25, -0.2) is 37.1 Å². The Kier molecular flexibility index (Phi) is 17.5. The molecule has 0 aliphatic carbocycles. The summed E-state index contributed by atoms with van der Waals surface area (Å²) >= 11 is 27.3. The van der Waals surface area contributed by atoms with Crippen LogP contribution in [0.25, 0.3) is 0 Å². The molecular formula is C26H19Cl5F4N4O5. The van der Waals surface area contributed by atoms with E-state index in [1.165, 1.54) is 6.07 Å². The third kappa shape index (κ3) is 13.5. The molecule has 0 radical (unpaired) electrons. The monoisotopic (exact) mass is 718 g/mol. The molecule has 9 nitrogen and oxygen atoms in total. The molecule has 0 aromatic carbocycles. The van der Waals surface area contributed by atoms with Crippen LogP contribution >= 0.6 is 58.0 Å². The van der Waals surface area contributed by atoms with Crippen LogP contribution in [0.5, 0.6) is 0 Å². The number of ether oxygens (including phenoxy) is 1. The average molecular weight is 721 g/mol. The van der Waals surface area contributed by atoms with Crippen molar-refractivity contribution in [3.63, 3.8) is 0 Å². The van der Waals surface area contributed by atoms with Crippen molar-refractivity contribution in [2.45, 2.75) is 19.4 Å². The summed E-state index contributed by atoms with van der Waals surface area (Å²) in [6.45, 7) is 1.63. The summed E-state index contributed by atoms with van der Waals surface area (Å²) in [6.07, 6.45) is 3.81. The summed E-state index contributed by atoms with van der Waals surface area (Å²) in [5.74, 6) is -3.89. The Labute approximate surface area is 272 Å². The number of carbonyl (C=O) groups excluding carboxylic acids is 1. The molecule has 0 aliphatic rings. The van der Waals surface area contributed by atoms with Crippen molar-refractivity contribution in [1.82, 2.24) is 19.9 Å². The molecule has 0 unspecified atom stereocenters. The fraction of sp³-hybridized carbons (Fsp3) is 0.154. The maximum atomic E-state index is 12.5. The number of aliphatic hydroxyl groups excluding tert-OH is 1. The summed E-state index contributed by atoms with van der Waals surface area (Å²) < 4.78 is 54.0. The molecule has 4 rings (SSSR count). The topological polar surface area (TPSA) is 135 Å². The van der Waals surface area contributed by atoms with E-state index in [1.54, 1.807) is 6.92 Å². The van der Waals surface area contributed by atoms with Gasteiger partial charge in [0.05, 0.1) is 75.4 Å². The van der Waals surface area contributed by atoms with Crippen molar-refractivity contribution < 1.29 is 42.1 Å². The van der Waals surface area contributed by atoms with E-state index < -0.39 is 35.2 Å². The summed E-state index contributed by atoms with van der Waals surface area (Å²) in [7, 11) is 0. The van der Waals surface area contributed by atoms with Crippen LogP contribution in [0, 0.1) is 23.3 Å². The summed E-state index contributed by atoms with van der Waals surface area (Å²) in [6, 6.07) is 4.21. The van der Waals surface area contributed by atoms with Crippen molar-refractivity contribution in [3.05, 3.63) is 115 Å². The van der Waals surface area contributed by atoms with Crippen molar-refractivity contribution in [3.8, 4) is 0 Å². The minimum Gasteiger partial charge on any atom is -0.476 e. The number of esters is 1. The smallest absolute Gasteiger partial charge is 0.358 e. The largest absolute Gasteiger partial charge is 0.476 e. The Balaban J connectivity index is 0.000000295. The van der Waals surface area contributed by atoms with Gasteiger partial charge < -0.3 is 14.9 Å². The maximum Gasteiger partial charge on any atom is 0.358 e. The fourth-order valence-corrected chi connectivity index (χ4v) is 3.61. The number of hydrogen-bond acceptors (Lipinski definition) is 8. The summed E-state index contributed by atoms with van der Waals surface area (Å²) in [5.41, 5.74) is 0.394. The first-order chi connectivity index (χ1) is 20.7. The molecule has 18 heteroatoms. The molecule has 2 N–H and O–H groups in total. The second-order valence-electron chi connectivity index (χ2n) is 7.45. The molecule has 0 spiro atoms. The standard InChI is InChI=1S/C8H7ClFNO2.C6H4Cl2FN.C6H3ClFNO2.C6H5ClFNO/c1-2-13-8(12)7-6(9)3-5(10)4-11-7;7-2-6-5(8)1-4(9)3-10-6;7-4-1-3(8)2-9-5(4)6(10)11;7-5-1-4(8)2-9-6(5)3-10/h3-4H,2H2,1H3;1,3H,2H2;1-2H,(H,10,11);1-2,10H,3H2. The van der Waals surface area contributed by atoms with Gasteiger partial charge in [-0.15, -0.1) is 11.6 Å². The summed E-state index contributed by atoms with van der Waals surface area (Å²) in [5, 5.41) is 17.1. The van der Waals surface area contributed by atoms with Crippen molar-refractivity contribution in [2.24, 2.45) is 0 Å². The van der Waals surface area contributed by atoms with Gasteiger partial charge in [0.1, 0.15) is 23.3 Å². The molecule has 0 atom stereocenters. The molecule has 4 aromatic heterocycles. The van der Waals surface area contributed by atoms with Crippen LogP contribution in [-0.4, -0.2) is 48.7 Å². The van der Waals surface area contributed by atoms with Gasteiger partial charge in [-0.3, -0.25) is 9.97 Å². The number of nitrogens with zero attached hydrogens (tertiary/aromatic N) is 4. The Bertz CT molecular complexity index is 1520. The van der Waals surface area contributed by atoms with Gasteiger partial charge in [0.15, 0.2) is 11.4 Å². The van der Waals surface area contributed by atoms with E-state index in [0.29, 0.717) is 11.4 Å². The van der Waals surface area contributed by atoms with Gasteiger partial charge in [-0.1, -0.05) is 46.4 Å². The van der Waals surface area contributed by atoms with E-state index in [1.807, 2.05) is 0 Å². The van der Waals surface area contributed by atoms with Gasteiger partial charge in [-0.05, 0) is 31.2 Å². The summed E-state index contributed by atoms with van der Waals surface area (Å²) in [4.78, 5) is 35.3. The van der Waals surface area contributed by atoms with Crippen LogP contribution in [0.15, 0.2) is 49.1 Å². The molecule has 44 heavy (non-hydrogen) atoms. The van der Waals surface area contributed by atoms with Crippen LogP contribution in [0.4, 0.5) is 17.6 Å². The van der Waals surface area contributed by atoms with Crippen LogP contribution < -0.4 is 0 Å². The number of pyridine rings is 4. The zero-order valence-electron chi connectivity index (χ0n) is 22.0. The number of aromatic nitrogens is 4. The minimum absolute atomic E-state index is 0.0431. The molecule has 0 aliphatic heterocycles. The van der Waals surface area contributed by atoms with Crippen molar-refractivity contribution in [2.75, 3.05) is 6.61 Å². The third-order valence-electron chi connectivity index (χ3n) is 4.33. The minimum atomic E-state index is -1.27. The first kappa shape index (κ1) is 38.7. The average Bonchev–Trinajstić information content (AvgIpc) is 2.94. The number of aromatic carboxylic acids is 1. The molecule has 236 valence electrons. The van der Waals surface area contributed by atoms with Gasteiger partial charge in [0, 0.05) is 0 Å². The molecule has 4 aromatic rings. The second-order valence-corrected chi connectivity index (χ2v) is 9.35. The Hall–Kier alpha value is -3.33. The zero-order chi connectivity index (χ0) is 33.4. The third-order valence-corrected chi connectivity index (χ3v) is 5.82. The first-order valence-electron chi connectivity index (χ1n) is 11.5. The predicted octanol–water partition coefficient (Wildman–Crippen LogP) is 7.60. The Morgan fingerprint density at radius 3 is 1.43 bits per heavy atom. The highest BCUT2D eigenvalue weighted by atomic mass is 35.5. The van der Waals surface area contributed by atoms with Crippen molar-refractivity contribution >= 4 is 69.9 Å². The van der Waals surface area contributed by atoms with Crippen LogP contribution in [0.3, 0.4) is 0 Å². The number of carboxylic acids is 1. The van der Waals surface area contributed by atoms with Gasteiger partial charge in [0.2, 0.25) is 0 Å². The van der Waals surface area contributed by atoms with E-state index in [9.17, 15) is 27.2 Å². The molecular weight excluding hydrogens is 702 g/mol. The lowest BCUT2D eigenvalue weighted by Gasteiger charge is -2.01. The first-order valence-corrected chi connectivity index (χ1v) is 13.6. The number of aliphatic hydroxyl groups is 1. The number of alkyl halides is 1. The lowest BCUT2D eigenvalue weighted by atomic mass is 10.3. The van der Waals surface area contributed by atoms with E-state index in [4.69, 9.17) is 68.2 Å². The van der Waals surface area contributed by atoms with E-state index >= 15 is 0 Å². The highest BCUT2D eigenvalue weighted by molar-refractivity contribution is 6.33. The number of rotatable bonds is 5. The lowest BCUT2D eigenvalue weighted by Crippen LogP contribution is -2.07. The molecule has 0 fully saturated rings. The maximum absolute atomic E-state index is 12.5. The molecule has 4 heterocycles. The SMILES string of the molecule is CCOC(=O)c1ncc(F)cc1Cl.Fc1cnc(CCl)c(Cl)c1.O=C(O)c1ncc(F)cc1Cl.OCc1ncc(F)cc1Cl. The van der Waals surface area contributed by atoms with Crippen molar-refractivity contribution in [1.29, 1.82) is 0 Å². The van der Waals surface area contributed by atoms with Crippen LogP contribution in [0.2, 0.25) is 20.1 Å². The normalized spacial score (nSPS) is 9.80. The number of carboxylic acid groups (broad SMARTS) is 1. The second kappa shape index (κ2) is 19.8. The van der Waals surface area contributed by atoms with E-state index in [2.05, 4.69) is 24.7 Å². The van der Waals surface area contributed by atoms with Gasteiger partial charge >= 0.3 is 11.9 Å². The molecule has 0 saturated heterocycles. The molecule has 0 saturated carbocycles. The highest BCUT2D eigenvalue weighted by Crippen LogP contribution is 2.17. The van der Waals surface area contributed by atoms with Crippen LogP contribution in [-0.2, 0) is 17.2 Å². The zero-order valence-corrected chi connectivity index (χ0v) is 25.8. The number of halogens is 9. The van der Waals surface area contributed by atoms with E-state index in [-0.39, 0.29) is 50.6 Å². The number of hydrogen-bond donors (Lipinski definition) is 2.